The molecule has 4 heteroatoms. The number of benzene rings is 3. The van der Waals surface area contributed by atoms with Gasteiger partial charge in [-0.25, -0.2) is 4.39 Å². The third-order valence-corrected chi connectivity index (χ3v) is 4.16. The third kappa shape index (κ3) is 2.24. The maximum Gasteiger partial charge on any atom is 0.182 e. The van der Waals surface area contributed by atoms with E-state index in [0.717, 1.165) is 22.1 Å². The molecule has 2 aromatic rings. The molecule has 24 heavy (non-hydrogen) atoms. The Morgan fingerprint density at radius 3 is 2.62 bits per heavy atom. The third-order valence-electron chi connectivity index (χ3n) is 4.16. The molecule has 0 bridgehead atoms. The van der Waals surface area contributed by atoms with Gasteiger partial charge in [-0.3, -0.25) is 4.79 Å². The summed E-state index contributed by atoms with van der Waals surface area (Å²) in [5, 5.41) is 0.862. The van der Waals surface area contributed by atoms with E-state index in [9.17, 15) is 9.18 Å². The van der Waals surface area contributed by atoms with Gasteiger partial charge >= 0.3 is 0 Å². The minimum absolute atomic E-state index is 0.129. The Hall–Kier alpha value is -3.14. The Bertz CT molecular complexity index is 1110. The maximum atomic E-state index is 13.7. The Kier molecular flexibility index (Phi) is 3.13. The molecule has 1 aliphatic heterocycles. The van der Waals surface area contributed by atoms with Crippen molar-refractivity contribution in [1.29, 1.82) is 0 Å². The fraction of sp³-hybridized carbons (Fsp3) is 0.0500. The van der Waals surface area contributed by atoms with Gasteiger partial charge in [0.15, 0.2) is 5.43 Å². The van der Waals surface area contributed by atoms with E-state index in [2.05, 4.69) is 0 Å². The largest absolute Gasteiger partial charge is 0.456 e. The lowest BCUT2D eigenvalue weighted by atomic mass is 9.93. The van der Waals surface area contributed by atoms with Crippen LogP contribution in [0.3, 0.4) is 0 Å². The van der Waals surface area contributed by atoms with Gasteiger partial charge in [-0.15, -0.1) is 0 Å². The lowest BCUT2D eigenvalue weighted by Crippen LogP contribution is -2.00. The zero-order chi connectivity index (χ0) is 16.8. The minimum atomic E-state index is -0.251. The standard InChI is InChI=1S/C20H14FNO2/c1-11-8-12(2-7-17(11)21)20-15-5-3-13(22)9-18(15)24-19-10-14(23)4-6-16(19)20/h2-10H,22H2,1H3. The van der Waals surface area contributed by atoms with Crippen molar-refractivity contribution in [2.75, 3.05) is 5.73 Å². The summed E-state index contributed by atoms with van der Waals surface area (Å²) in [6, 6.07) is 15.1. The molecule has 3 nitrogen and oxygen atoms in total. The van der Waals surface area contributed by atoms with E-state index in [1.807, 2.05) is 6.07 Å². The SMILES string of the molecule is Cc1cc(-c2c3ccc(=O)cc-3oc3cc(N)ccc23)ccc1F. The molecule has 4 rings (SSSR count). The summed E-state index contributed by atoms with van der Waals surface area (Å²) >= 11 is 0. The summed E-state index contributed by atoms with van der Waals surface area (Å²) in [5.41, 5.74) is 10.0. The number of hydrogen-bond donors (Lipinski definition) is 1. The molecule has 0 fully saturated rings. The highest BCUT2D eigenvalue weighted by molar-refractivity contribution is 6.02. The number of halogens is 1. The average Bonchev–Trinajstić information content (AvgIpc) is 2.55. The van der Waals surface area contributed by atoms with Crippen molar-refractivity contribution < 1.29 is 8.81 Å². The normalized spacial score (nSPS) is 11.2. The van der Waals surface area contributed by atoms with Gasteiger partial charge in [-0.1, -0.05) is 6.07 Å². The molecule has 2 aromatic carbocycles. The quantitative estimate of drug-likeness (QED) is 0.412. The molecule has 1 aliphatic carbocycles. The van der Waals surface area contributed by atoms with Crippen LogP contribution in [-0.4, -0.2) is 0 Å². The molecule has 0 atom stereocenters. The highest BCUT2D eigenvalue weighted by atomic mass is 19.1. The van der Waals surface area contributed by atoms with Gasteiger partial charge in [-0.2, -0.15) is 0 Å². The number of nitrogen functional groups attached to an aromatic ring is 1. The molecule has 0 saturated carbocycles. The summed E-state index contributed by atoms with van der Waals surface area (Å²) in [6.07, 6.45) is 0. The summed E-state index contributed by atoms with van der Waals surface area (Å²) in [4.78, 5) is 11.7. The zero-order valence-corrected chi connectivity index (χ0v) is 13.0. The van der Waals surface area contributed by atoms with E-state index in [4.69, 9.17) is 10.2 Å². The molecule has 2 N–H and O–H groups in total. The molecule has 0 radical (unpaired) electrons. The molecular weight excluding hydrogens is 305 g/mol. The van der Waals surface area contributed by atoms with Crippen LogP contribution in [0.15, 0.2) is 63.8 Å². The first-order chi connectivity index (χ1) is 11.5. The van der Waals surface area contributed by atoms with Gasteiger partial charge in [0.25, 0.3) is 0 Å². The second kappa shape index (κ2) is 5.20. The van der Waals surface area contributed by atoms with Crippen molar-refractivity contribution in [3.63, 3.8) is 0 Å². The second-order valence-corrected chi connectivity index (χ2v) is 5.85. The molecule has 0 aromatic heterocycles. The number of fused-ring (bicyclic) bond motifs is 2. The lowest BCUT2D eigenvalue weighted by Gasteiger charge is -2.15. The summed E-state index contributed by atoms with van der Waals surface area (Å²) in [6.45, 7) is 1.73. The highest BCUT2D eigenvalue weighted by Gasteiger charge is 2.17. The second-order valence-electron chi connectivity index (χ2n) is 5.85. The molecule has 0 saturated heterocycles. The van der Waals surface area contributed by atoms with Crippen LogP contribution in [0.5, 0.6) is 0 Å². The van der Waals surface area contributed by atoms with Crippen molar-refractivity contribution in [3.8, 4) is 22.5 Å². The van der Waals surface area contributed by atoms with Gasteiger partial charge in [0.05, 0.1) is 0 Å². The van der Waals surface area contributed by atoms with E-state index in [-0.39, 0.29) is 11.2 Å². The topological polar surface area (TPSA) is 56.2 Å². The first-order valence-corrected chi connectivity index (χ1v) is 7.55. The zero-order valence-electron chi connectivity index (χ0n) is 13.0. The molecule has 0 unspecified atom stereocenters. The number of rotatable bonds is 1. The Morgan fingerprint density at radius 2 is 1.83 bits per heavy atom. The van der Waals surface area contributed by atoms with Crippen LogP contribution in [0, 0.1) is 12.7 Å². The van der Waals surface area contributed by atoms with E-state index in [1.165, 1.54) is 18.2 Å². The molecule has 118 valence electrons. The van der Waals surface area contributed by atoms with Gasteiger partial charge in [0, 0.05) is 34.3 Å². The maximum absolute atomic E-state index is 13.7. The average molecular weight is 319 g/mol. The van der Waals surface area contributed by atoms with Crippen molar-refractivity contribution in [3.05, 3.63) is 76.2 Å². The Morgan fingerprint density at radius 1 is 1.00 bits per heavy atom. The number of aryl methyl sites for hydroxylation is 1. The van der Waals surface area contributed by atoms with Crippen LogP contribution in [-0.2, 0) is 0 Å². The first-order valence-electron chi connectivity index (χ1n) is 7.55. The van der Waals surface area contributed by atoms with Crippen molar-refractivity contribution >= 4 is 16.7 Å². The smallest absolute Gasteiger partial charge is 0.182 e. The highest BCUT2D eigenvalue weighted by Crippen LogP contribution is 2.40. The van der Waals surface area contributed by atoms with Gasteiger partial charge in [0.1, 0.15) is 17.2 Å². The van der Waals surface area contributed by atoms with Crippen molar-refractivity contribution in [1.82, 2.24) is 0 Å². The predicted molar refractivity (Wildman–Crippen MR) is 93.6 cm³/mol. The Balaban J connectivity index is 2.18. The van der Waals surface area contributed by atoms with E-state index in [0.29, 0.717) is 22.6 Å². The minimum Gasteiger partial charge on any atom is -0.456 e. The number of anilines is 1. The fourth-order valence-electron chi connectivity index (χ4n) is 3.00. The van der Waals surface area contributed by atoms with E-state index >= 15 is 0 Å². The van der Waals surface area contributed by atoms with Crippen LogP contribution < -0.4 is 11.2 Å². The monoisotopic (exact) mass is 319 g/mol. The Labute approximate surface area is 137 Å². The van der Waals surface area contributed by atoms with Crippen molar-refractivity contribution in [2.24, 2.45) is 0 Å². The van der Waals surface area contributed by atoms with Gasteiger partial charge < -0.3 is 10.2 Å². The number of nitrogens with two attached hydrogens (primary N) is 1. The summed E-state index contributed by atoms with van der Waals surface area (Å²) in [7, 11) is 0. The van der Waals surface area contributed by atoms with E-state index < -0.39 is 0 Å². The first kappa shape index (κ1) is 14.5. The molecule has 0 amide bonds. The lowest BCUT2D eigenvalue weighted by molar-refractivity contribution is 0.618. The summed E-state index contributed by atoms with van der Waals surface area (Å²) < 4.78 is 19.5. The van der Waals surface area contributed by atoms with Crippen LogP contribution in [0.25, 0.3) is 33.4 Å². The summed E-state index contributed by atoms with van der Waals surface area (Å²) in [5.74, 6) is 0.233. The molecule has 1 heterocycles. The predicted octanol–water partition coefficient (Wildman–Crippen LogP) is 4.59. The van der Waals surface area contributed by atoms with Gasteiger partial charge in [-0.05, 0) is 54.4 Å². The van der Waals surface area contributed by atoms with Crippen LogP contribution in [0.2, 0.25) is 0 Å². The molecule has 2 aliphatic rings. The molecule has 0 spiro atoms. The van der Waals surface area contributed by atoms with Crippen LogP contribution >= 0.6 is 0 Å². The van der Waals surface area contributed by atoms with Crippen molar-refractivity contribution in [2.45, 2.75) is 6.92 Å². The number of hydrogen-bond acceptors (Lipinski definition) is 3. The molecular formula is C20H14FNO2. The van der Waals surface area contributed by atoms with E-state index in [1.54, 1.807) is 37.3 Å². The van der Waals surface area contributed by atoms with Crippen LogP contribution in [0.4, 0.5) is 10.1 Å². The van der Waals surface area contributed by atoms with Gasteiger partial charge in [0.2, 0.25) is 0 Å². The fourth-order valence-corrected chi connectivity index (χ4v) is 3.00. The van der Waals surface area contributed by atoms with Crippen LogP contribution in [0.1, 0.15) is 5.56 Å².